The van der Waals surface area contributed by atoms with E-state index in [-0.39, 0.29) is 10.6 Å². The van der Waals surface area contributed by atoms with E-state index in [0.29, 0.717) is 12.1 Å². The van der Waals surface area contributed by atoms with Gasteiger partial charge in [-0.25, -0.2) is 0 Å². The predicted octanol–water partition coefficient (Wildman–Crippen LogP) is 3.47. The van der Waals surface area contributed by atoms with Crippen molar-refractivity contribution in [2.75, 3.05) is 18.0 Å². The van der Waals surface area contributed by atoms with Gasteiger partial charge in [0.1, 0.15) is 5.69 Å². The Bertz CT molecular complexity index is 532. The van der Waals surface area contributed by atoms with Gasteiger partial charge in [0.25, 0.3) is 5.69 Å². The average molecular weight is 354 g/mol. The Morgan fingerprint density at radius 1 is 1.29 bits per heavy atom. The van der Waals surface area contributed by atoms with Crippen LogP contribution >= 0.6 is 15.9 Å². The number of halogens is 1. The molecule has 2 fully saturated rings. The molecular formula is C15H20BrN3O2. The summed E-state index contributed by atoms with van der Waals surface area (Å²) in [6.45, 7) is 1.97. The summed E-state index contributed by atoms with van der Waals surface area (Å²) in [7, 11) is 0. The Morgan fingerprint density at radius 2 is 2.14 bits per heavy atom. The van der Waals surface area contributed by atoms with Gasteiger partial charge >= 0.3 is 0 Å². The van der Waals surface area contributed by atoms with E-state index < -0.39 is 0 Å². The average Bonchev–Trinajstić information content (AvgIpc) is 3.01. The van der Waals surface area contributed by atoms with E-state index in [1.165, 1.54) is 19.3 Å². The summed E-state index contributed by atoms with van der Waals surface area (Å²) >= 11 is 3.45. The molecule has 5 nitrogen and oxygen atoms in total. The Morgan fingerprint density at radius 3 is 2.86 bits per heavy atom. The zero-order chi connectivity index (χ0) is 14.8. The zero-order valence-corrected chi connectivity index (χ0v) is 13.5. The van der Waals surface area contributed by atoms with E-state index in [1.54, 1.807) is 12.1 Å². The van der Waals surface area contributed by atoms with Gasteiger partial charge in [-0.2, -0.15) is 0 Å². The third-order valence-corrected chi connectivity index (χ3v) is 5.05. The van der Waals surface area contributed by atoms with Crippen LogP contribution in [0.5, 0.6) is 0 Å². The van der Waals surface area contributed by atoms with Gasteiger partial charge in [0.05, 0.1) is 4.92 Å². The van der Waals surface area contributed by atoms with Crippen LogP contribution in [0.15, 0.2) is 22.7 Å². The van der Waals surface area contributed by atoms with Crippen molar-refractivity contribution in [2.24, 2.45) is 0 Å². The third kappa shape index (κ3) is 3.06. The van der Waals surface area contributed by atoms with Gasteiger partial charge in [-0.3, -0.25) is 10.1 Å². The van der Waals surface area contributed by atoms with Crippen LogP contribution in [0, 0.1) is 10.1 Å². The monoisotopic (exact) mass is 353 g/mol. The van der Waals surface area contributed by atoms with Gasteiger partial charge in [-0.15, -0.1) is 0 Å². The normalized spacial score (nSPS) is 26.0. The van der Waals surface area contributed by atoms with Crippen molar-refractivity contribution in [2.45, 2.75) is 44.2 Å². The summed E-state index contributed by atoms with van der Waals surface area (Å²) in [5.41, 5.74) is 0.968. The van der Waals surface area contributed by atoms with Crippen molar-refractivity contribution < 1.29 is 4.92 Å². The van der Waals surface area contributed by atoms with Gasteiger partial charge in [0, 0.05) is 29.2 Å². The minimum absolute atomic E-state index is 0.211. The molecule has 0 bridgehead atoms. The first kappa shape index (κ1) is 14.8. The number of nitrogens with one attached hydrogen (secondary N) is 1. The highest BCUT2D eigenvalue weighted by atomic mass is 79.9. The summed E-state index contributed by atoms with van der Waals surface area (Å²) < 4.78 is 0.895. The highest BCUT2D eigenvalue weighted by Gasteiger charge is 2.34. The van der Waals surface area contributed by atoms with Crippen molar-refractivity contribution in [1.82, 2.24) is 5.32 Å². The summed E-state index contributed by atoms with van der Waals surface area (Å²) in [4.78, 5) is 13.3. The van der Waals surface area contributed by atoms with Crippen LogP contribution in [-0.2, 0) is 0 Å². The van der Waals surface area contributed by atoms with Crippen molar-refractivity contribution in [3.8, 4) is 0 Å². The molecule has 1 aromatic carbocycles. The lowest BCUT2D eigenvalue weighted by atomic mass is 9.93. The van der Waals surface area contributed by atoms with Gasteiger partial charge < -0.3 is 10.2 Å². The number of nitro benzene ring substituents is 1. The Hall–Kier alpha value is -1.14. The lowest BCUT2D eigenvalue weighted by molar-refractivity contribution is -0.384. The van der Waals surface area contributed by atoms with E-state index in [9.17, 15) is 10.1 Å². The van der Waals surface area contributed by atoms with Gasteiger partial charge in [0.2, 0.25) is 0 Å². The van der Waals surface area contributed by atoms with Gasteiger partial charge in [-0.1, -0.05) is 15.9 Å². The van der Waals surface area contributed by atoms with Crippen molar-refractivity contribution >= 4 is 27.3 Å². The first-order chi connectivity index (χ1) is 10.2. The number of piperidine rings is 1. The molecule has 2 aliphatic rings. The second-order valence-electron chi connectivity index (χ2n) is 5.85. The molecule has 0 saturated carbocycles. The maximum absolute atomic E-state index is 11.4. The molecule has 1 aromatic rings. The number of nitrogens with zero attached hydrogens (tertiary/aromatic N) is 2. The Kier molecular flexibility index (Phi) is 4.45. The van der Waals surface area contributed by atoms with E-state index >= 15 is 0 Å². The molecule has 0 aromatic heterocycles. The van der Waals surface area contributed by atoms with Crippen LogP contribution in [0.1, 0.15) is 32.1 Å². The topological polar surface area (TPSA) is 58.4 Å². The van der Waals surface area contributed by atoms with Crippen LogP contribution in [0.25, 0.3) is 0 Å². The largest absolute Gasteiger partial charge is 0.361 e. The quantitative estimate of drug-likeness (QED) is 0.667. The van der Waals surface area contributed by atoms with Crippen molar-refractivity contribution in [1.29, 1.82) is 0 Å². The van der Waals surface area contributed by atoms with Crippen LogP contribution in [0.4, 0.5) is 11.4 Å². The number of hydrogen-bond acceptors (Lipinski definition) is 4. The molecule has 6 heteroatoms. The smallest absolute Gasteiger partial charge is 0.292 e. The third-order valence-electron chi connectivity index (χ3n) is 4.56. The standard InChI is InChI=1S/C15H20BrN3O2/c16-11-6-7-14(19(20)21)15(10-11)18-9-2-1-5-13(18)12-4-3-8-17-12/h6-7,10,12-13,17H,1-5,8-9H2. The number of rotatable bonds is 3. The summed E-state index contributed by atoms with van der Waals surface area (Å²) in [6.07, 6.45) is 5.80. The first-order valence-corrected chi connectivity index (χ1v) is 8.40. The Balaban J connectivity index is 1.95. The molecule has 0 amide bonds. The predicted molar refractivity (Wildman–Crippen MR) is 86.8 cm³/mol. The van der Waals surface area contributed by atoms with Crippen LogP contribution in [0.2, 0.25) is 0 Å². The zero-order valence-electron chi connectivity index (χ0n) is 11.9. The highest BCUT2D eigenvalue weighted by molar-refractivity contribution is 9.10. The molecule has 0 spiro atoms. The number of anilines is 1. The number of hydrogen-bond donors (Lipinski definition) is 1. The lowest BCUT2D eigenvalue weighted by Gasteiger charge is -2.40. The van der Waals surface area contributed by atoms with Crippen LogP contribution < -0.4 is 10.2 Å². The number of nitro groups is 1. The molecular weight excluding hydrogens is 334 g/mol. The molecule has 2 saturated heterocycles. The maximum Gasteiger partial charge on any atom is 0.292 e. The molecule has 2 unspecified atom stereocenters. The van der Waals surface area contributed by atoms with E-state index in [0.717, 1.165) is 36.1 Å². The molecule has 3 rings (SSSR count). The maximum atomic E-state index is 11.4. The van der Waals surface area contributed by atoms with Gasteiger partial charge in [-0.05, 0) is 50.8 Å². The molecule has 1 N–H and O–H groups in total. The number of benzene rings is 1. The van der Waals surface area contributed by atoms with E-state index in [1.807, 2.05) is 6.07 Å². The van der Waals surface area contributed by atoms with Crippen LogP contribution in [0.3, 0.4) is 0 Å². The highest BCUT2D eigenvalue weighted by Crippen LogP contribution is 2.36. The van der Waals surface area contributed by atoms with Crippen LogP contribution in [-0.4, -0.2) is 30.1 Å². The van der Waals surface area contributed by atoms with Gasteiger partial charge in [0.15, 0.2) is 0 Å². The minimum atomic E-state index is -0.268. The van der Waals surface area contributed by atoms with E-state index in [2.05, 4.69) is 26.1 Å². The fourth-order valence-electron chi connectivity index (χ4n) is 3.60. The minimum Gasteiger partial charge on any atom is -0.361 e. The first-order valence-electron chi connectivity index (χ1n) is 7.61. The molecule has 0 aliphatic carbocycles. The van der Waals surface area contributed by atoms with E-state index in [4.69, 9.17) is 0 Å². The fraction of sp³-hybridized carbons (Fsp3) is 0.600. The second kappa shape index (κ2) is 6.32. The lowest BCUT2D eigenvalue weighted by Crippen LogP contribution is -2.50. The summed E-state index contributed by atoms with van der Waals surface area (Å²) in [5, 5.41) is 14.9. The fourth-order valence-corrected chi connectivity index (χ4v) is 3.94. The molecule has 0 radical (unpaired) electrons. The van der Waals surface area contributed by atoms with Crippen molar-refractivity contribution in [3.05, 3.63) is 32.8 Å². The van der Waals surface area contributed by atoms with Crippen molar-refractivity contribution in [3.63, 3.8) is 0 Å². The summed E-state index contributed by atoms with van der Waals surface area (Å²) in [6, 6.07) is 6.07. The summed E-state index contributed by atoms with van der Waals surface area (Å²) in [5.74, 6) is 0. The Labute approximate surface area is 133 Å². The molecule has 2 atom stereocenters. The SMILES string of the molecule is O=[N+]([O-])c1ccc(Br)cc1N1CCCCC1C1CCCN1. The molecule has 2 aliphatic heterocycles. The molecule has 21 heavy (non-hydrogen) atoms. The molecule has 114 valence electrons. The second-order valence-corrected chi connectivity index (χ2v) is 6.77. The molecule has 2 heterocycles.